The highest BCUT2D eigenvalue weighted by Gasteiger charge is 2.32. The number of halogens is 1. The van der Waals surface area contributed by atoms with Crippen molar-refractivity contribution in [3.8, 4) is 5.75 Å². The van der Waals surface area contributed by atoms with Crippen molar-refractivity contribution in [2.75, 3.05) is 13.1 Å². The van der Waals surface area contributed by atoms with Crippen LogP contribution in [0.4, 0.5) is 4.39 Å². The zero-order valence-electron chi connectivity index (χ0n) is 19.4. The lowest BCUT2D eigenvalue weighted by molar-refractivity contribution is -0.134. The largest absolute Gasteiger partial charge is 0.481 e. The average molecular weight is 441 g/mol. The molecule has 2 amide bonds. The van der Waals surface area contributed by atoms with E-state index in [-0.39, 0.29) is 29.6 Å². The van der Waals surface area contributed by atoms with Crippen LogP contribution >= 0.6 is 0 Å². The molecule has 1 aliphatic rings. The van der Waals surface area contributed by atoms with Crippen LogP contribution in [0.15, 0.2) is 42.5 Å². The molecular formula is C26H33FN2O3. The Labute approximate surface area is 190 Å². The normalized spacial score (nSPS) is 16.4. The van der Waals surface area contributed by atoms with Gasteiger partial charge in [0, 0.05) is 19.5 Å². The van der Waals surface area contributed by atoms with Gasteiger partial charge >= 0.3 is 0 Å². The molecule has 0 aromatic heterocycles. The topological polar surface area (TPSA) is 58.6 Å². The third-order valence-corrected chi connectivity index (χ3v) is 5.67. The molecule has 32 heavy (non-hydrogen) atoms. The second kappa shape index (κ2) is 10.6. The quantitative estimate of drug-likeness (QED) is 0.651. The van der Waals surface area contributed by atoms with E-state index < -0.39 is 6.10 Å². The first-order valence-corrected chi connectivity index (χ1v) is 11.4. The van der Waals surface area contributed by atoms with Gasteiger partial charge in [-0.15, -0.1) is 0 Å². The molecule has 0 saturated heterocycles. The molecule has 0 spiro atoms. The van der Waals surface area contributed by atoms with Crippen molar-refractivity contribution in [2.45, 2.75) is 59.1 Å². The van der Waals surface area contributed by atoms with Gasteiger partial charge in [-0.1, -0.05) is 39.0 Å². The predicted molar refractivity (Wildman–Crippen MR) is 123 cm³/mol. The Morgan fingerprint density at radius 3 is 2.53 bits per heavy atom. The Morgan fingerprint density at radius 1 is 1.16 bits per heavy atom. The van der Waals surface area contributed by atoms with Crippen LogP contribution in [0.3, 0.4) is 0 Å². The molecule has 0 fully saturated rings. The Balaban J connectivity index is 1.94. The van der Waals surface area contributed by atoms with Gasteiger partial charge in [0.25, 0.3) is 5.91 Å². The molecule has 1 aliphatic heterocycles. The summed E-state index contributed by atoms with van der Waals surface area (Å²) < 4.78 is 19.5. The van der Waals surface area contributed by atoms with Gasteiger partial charge in [-0.05, 0) is 66.6 Å². The van der Waals surface area contributed by atoms with Gasteiger partial charge in [-0.3, -0.25) is 9.59 Å². The van der Waals surface area contributed by atoms with Crippen LogP contribution in [-0.2, 0) is 16.0 Å². The first-order chi connectivity index (χ1) is 15.3. The van der Waals surface area contributed by atoms with E-state index >= 15 is 0 Å². The molecule has 1 N–H and O–H groups in total. The zero-order chi connectivity index (χ0) is 23.3. The van der Waals surface area contributed by atoms with Crippen molar-refractivity contribution in [3.05, 3.63) is 65.0 Å². The third kappa shape index (κ3) is 5.67. The molecule has 6 heteroatoms. The minimum atomic E-state index is -0.633. The molecule has 0 unspecified atom stereocenters. The fraction of sp³-hybridized carbons (Fsp3) is 0.462. The fourth-order valence-electron chi connectivity index (χ4n) is 4.06. The maximum Gasteiger partial charge on any atom is 0.260 e. The van der Waals surface area contributed by atoms with E-state index in [0.29, 0.717) is 25.3 Å². The molecule has 2 atom stereocenters. The smallest absolute Gasteiger partial charge is 0.260 e. The number of rotatable bonds is 8. The maximum absolute atomic E-state index is 13.6. The number of benzene rings is 2. The Morgan fingerprint density at radius 2 is 1.88 bits per heavy atom. The van der Waals surface area contributed by atoms with Crippen molar-refractivity contribution in [2.24, 2.45) is 5.92 Å². The lowest BCUT2D eigenvalue weighted by Gasteiger charge is -2.38. The number of hydrogen-bond acceptors (Lipinski definition) is 3. The zero-order valence-corrected chi connectivity index (χ0v) is 19.4. The molecule has 0 bridgehead atoms. The highest BCUT2D eigenvalue weighted by molar-refractivity contribution is 5.80. The van der Waals surface area contributed by atoms with Gasteiger partial charge in [0.1, 0.15) is 11.6 Å². The number of nitrogens with zero attached hydrogens (tertiary/aromatic N) is 1. The van der Waals surface area contributed by atoms with Crippen molar-refractivity contribution in [3.63, 3.8) is 0 Å². The van der Waals surface area contributed by atoms with Gasteiger partial charge in [-0.2, -0.15) is 0 Å². The second-order valence-corrected chi connectivity index (χ2v) is 8.80. The molecule has 0 saturated carbocycles. The van der Waals surface area contributed by atoms with Crippen molar-refractivity contribution < 1.29 is 18.7 Å². The van der Waals surface area contributed by atoms with E-state index in [1.54, 1.807) is 19.1 Å². The summed E-state index contributed by atoms with van der Waals surface area (Å²) in [5, 5.41) is 2.84. The summed E-state index contributed by atoms with van der Waals surface area (Å²) >= 11 is 0. The SMILES string of the molecule is CCCNC(=O)[C@@H](C)Oc1ccc2c(c1)[C@@H](c1ccc(F)cc1)N(C(=O)CC(C)C)CC2. The van der Waals surface area contributed by atoms with Gasteiger partial charge in [0.15, 0.2) is 6.10 Å². The number of ether oxygens (including phenoxy) is 1. The van der Waals surface area contributed by atoms with Crippen molar-refractivity contribution >= 4 is 11.8 Å². The second-order valence-electron chi connectivity index (χ2n) is 8.80. The van der Waals surface area contributed by atoms with E-state index in [1.165, 1.54) is 12.1 Å². The lowest BCUT2D eigenvalue weighted by atomic mass is 9.87. The van der Waals surface area contributed by atoms with Gasteiger partial charge in [-0.25, -0.2) is 4.39 Å². The molecule has 3 rings (SSSR count). The van der Waals surface area contributed by atoms with Crippen LogP contribution < -0.4 is 10.1 Å². The number of amides is 2. The van der Waals surface area contributed by atoms with E-state index in [2.05, 4.69) is 5.32 Å². The summed E-state index contributed by atoms with van der Waals surface area (Å²) in [6.07, 6.45) is 1.42. The number of carbonyl (C=O) groups is 2. The Hall–Kier alpha value is -2.89. The average Bonchev–Trinajstić information content (AvgIpc) is 2.76. The summed E-state index contributed by atoms with van der Waals surface area (Å²) in [5.41, 5.74) is 2.94. The molecule has 0 aliphatic carbocycles. The molecule has 1 heterocycles. The van der Waals surface area contributed by atoms with E-state index in [0.717, 1.165) is 29.5 Å². The Kier molecular flexibility index (Phi) is 7.89. The highest BCUT2D eigenvalue weighted by atomic mass is 19.1. The number of carbonyl (C=O) groups excluding carboxylic acids is 2. The van der Waals surface area contributed by atoms with Gasteiger partial charge in [0.2, 0.25) is 5.91 Å². The molecule has 5 nitrogen and oxygen atoms in total. The predicted octanol–water partition coefficient (Wildman–Crippen LogP) is 4.64. The van der Waals surface area contributed by atoms with Crippen molar-refractivity contribution in [1.29, 1.82) is 0 Å². The van der Waals surface area contributed by atoms with Crippen LogP contribution in [0.2, 0.25) is 0 Å². The molecule has 2 aromatic carbocycles. The van der Waals surface area contributed by atoms with E-state index in [1.807, 2.05) is 43.9 Å². The summed E-state index contributed by atoms with van der Waals surface area (Å²) in [5.74, 6) is 0.434. The highest BCUT2D eigenvalue weighted by Crippen LogP contribution is 2.38. The minimum Gasteiger partial charge on any atom is -0.481 e. The molecular weight excluding hydrogens is 407 g/mol. The summed E-state index contributed by atoms with van der Waals surface area (Å²) in [6, 6.07) is 11.8. The molecule has 0 radical (unpaired) electrons. The number of nitrogens with one attached hydrogen (secondary N) is 1. The van der Waals surface area contributed by atoms with E-state index in [4.69, 9.17) is 4.74 Å². The first kappa shape index (κ1) is 23.8. The first-order valence-electron chi connectivity index (χ1n) is 11.4. The van der Waals surface area contributed by atoms with Crippen LogP contribution in [0.1, 0.15) is 63.3 Å². The Bertz CT molecular complexity index is 943. The minimum absolute atomic E-state index is 0.0820. The summed E-state index contributed by atoms with van der Waals surface area (Å²) in [7, 11) is 0. The monoisotopic (exact) mass is 440 g/mol. The van der Waals surface area contributed by atoms with Crippen LogP contribution in [0, 0.1) is 11.7 Å². The molecule has 2 aromatic rings. The standard InChI is InChI=1S/C26H33FN2O3/c1-5-13-28-26(31)18(4)32-22-11-8-19-12-14-29(24(30)15-17(2)3)25(23(19)16-22)20-6-9-21(27)10-7-20/h6-11,16-18,25H,5,12-15H2,1-4H3,(H,28,31)/t18-,25-/m1/s1. The molecule has 172 valence electrons. The van der Waals surface area contributed by atoms with Crippen LogP contribution in [0.5, 0.6) is 5.75 Å². The van der Waals surface area contributed by atoms with Crippen LogP contribution in [-0.4, -0.2) is 35.9 Å². The summed E-state index contributed by atoms with van der Waals surface area (Å²) in [6.45, 7) is 8.99. The van der Waals surface area contributed by atoms with Gasteiger partial charge in [0.05, 0.1) is 6.04 Å². The van der Waals surface area contributed by atoms with Crippen LogP contribution in [0.25, 0.3) is 0 Å². The summed E-state index contributed by atoms with van der Waals surface area (Å²) in [4.78, 5) is 27.2. The number of hydrogen-bond donors (Lipinski definition) is 1. The fourth-order valence-corrected chi connectivity index (χ4v) is 4.06. The van der Waals surface area contributed by atoms with E-state index in [9.17, 15) is 14.0 Å². The third-order valence-electron chi connectivity index (χ3n) is 5.67. The van der Waals surface area contributed by atoms with Crippen molar-refractivity contribution in [1.82, 2.24) is 10.2 Å². The van der Waals surface area contributed by atoms with Gasteiger partial charge < -0.3 is 15.0 Å². The number of fused-ring (bicyclic) bond motifs is 1. The lowest BCUT2D eigenvalue weighted by Crippen LogP contribution is -2.41. The maximum atomic E-state index is 13.6.